The van der Waals surface area contributed by atoms with E-state index in [2.05, 4.69) is 4.99 Å². The summed E-state index contributed by atoms with van der Waals surface area (Å²) in [6.45, 7) is 0.217. The second-order valence-corrected chi connectivity index (χ2v) is 6.20. The van der Waals surface area contributed by atoms with Gasteiger partial charge in [0.1, 0.15) is 29.8 Å². The SMILES string of the molecule is COc1ccc(C2c3c(cc(OC)cc3OC)N=C3COC(=O)C32)cc1. The Morgan fingerprint density at radius 1 is 0.962 bits per heavy atom. The van der Waals surface area contributed by atoms with E-state index in [0.717, 1.165) is 28.3 Å². The fourth-order valence-corrected chi connectivity index (χ4v) is 3.66. The average molecular weight is 353 g/mol. The molecule has 6 heteroatoms. The summed E-state index contributed by atoms with van der Waals surface area (Å²) in [5.41, 5.74) is 3.32. The lowest BCUT2D eigenvalue weighted by Crippen LogP contribution is -2.28. The lowest BCUT2D eigenvalue weighted by atomic mass is 9.76. The molecule has 2 aliphatic heterocycles. The van der Waals surface area contributed by atoms with Gasteiger partial charge in [0, 0.05) is 23.6 Å². The van der Waals surface area contributed by atoms with Crippen molar-refractivity contribution in [1.29, 1.82) is 0 Å². The largest absolute Gasteiger partial charge is 0.497 e. The second-order valence-electron chi connectivity index (χ2n) is 6.20. The quantitative estimate of drug-likeness (QED) is 0.790. The maximum absolute atomic E-state index is 12.5. The Morgan fingerprint density at radius 3 is 2.35 bits per heavy atom. The highest BCUT2D eigenvalue weighted by Crippen LogP contribution is 2.50. The van der Waals surface area contributed by atoms with Gasteiger partial charge >= 0.3 is 5.97 Å². The lowest BCUT2D eigenvalue weighted by Gasteiger charge is -2.29. The fourth-order valence-electron chi connectivity index (χ4n) is 3.66. The summed E-state index contributed by atoms with van der Waals surface area (Å²) in [6, 6.07) is 11.4. The Balaban J connectivity index is 1.93. The van der Waals surface area contributed by atoms with Crippen LogP contribution in [0.15, 0.2) is 41.4 Å². The van der Waals surface area contributed by atoms with Crippen LogP contribution in [0.3, 0.4) is 0 Å². The predicted octanol–water partition coefficient (Wildman–Crippen LogP) is 3.10. The van der Waals surface area contributed by atoms with Gasteiger partial charge in [-0.3, -0.25) is 9.79 Å². The van der Waals surface area contributed by atoms with Gasteiger partial charge in [-0.1, -0.05) is 12.1 Å². The van der Waals surface area contributed by atoms with Gasteiger partial charge in [-0.2, -0.15) is 0 Å². The molecule has 0 spiro atoms. The zero-order valence-corrected chi connectivity index (χ0v) is 14.8. The Labute approximate surface area is 151 Å². The fraction of sp³-hybridized carbons (Fsp3) is 0.300. The van der Waals surface area contributed by atoms with Crippen LogP contribution in [0.4, 0.5) is 5.69 Å². The molecule has 0 amide bonds. The molecule has 26 heavy (non-hydrogen) atoms. The van der Waals surface area contributed by atoms with Gasteiger partial charge in [0.2, 0.25) is 0 Å². The van der Waals surface area contributed by atoms with E-state index in [4.69, 9.17) is 18.9 Å². The van der Waals surface area contributed by atoms with Gasteiger partial charge in [-0.05, 0) is 17.7 Å². The molecule has 0 aliphatic carbocycles. The van der Waals surface area contributed by atoms with Gasteiger partial charge in [0.15, 0.2) is 0 Å². The zero-order chi connectivity index (χ0) is 18.3. The molecule has 0 N–H and O–H groups in total. The van der Waals surface area contributed by atoms with Crippen LogP contribution >= 0.6 is 0 Å². The first-order chi connectivity index (χ1) is 12.7. The van der Waals surface area contributed by atoms with Crippen molar-refractivity contribution in [3.8, 4) is 17.2 Å². The molecule has 2 unspecified atom stereocenters. The smallest absolute Gasteiger partial charge is 0.316 e. The highest BCUT2D eigenvalue weighted by Gasteiger charge is 2.46. The van der Waals surface area contributed by atoms with E-state index in [-0.39, 0.29) is 18.5 Å². The summed E-state index contributed by atoms with van der Waals surface area (Å²) in [5, 5.41) is 0. The Kier molecular flexibility index (Phi) is 4.03. The number of hydrogen-bond acceptors (Lipinski definition) is 6. The lowest BCUT2D eigenvalue weighted by molar-refractivity contribution is -0.141. The van der Waals surface area contributed by atoms with Crippen LogP contribution < -0.4 is 14.2 Å². The summed E-state index contributed by atoms with van der Waals surface area (Å²) in [5.74, 6) is 1.12. The van der Waals surface area contributed by atoms with Gasteiger partial charge < -0.3 is 18.9 Å². The number of fused-ring (bicyclic) bond motifs is 2. The molecule has 0 aromatic heterocycles. The van der Waals surface area contributed by atoms with Crippen molar-refractivity contribution in [2.24, 2.45) is 10.9 Å². The van der Waals surface area contributed by atoms with Crippen molar-refractivity contribution in [3.05, 3.63) is 47.5 Å². The summed E-state index contributed by atoms with van der Waals surface area (Å²) in [6.07, 6.45) is 0. The molecule has 1 fully saturated rings. The zero-order valence-electron chi connectivity index (χ0n) is 14.8. The minimum absolute atomic E-state index is 0.217. The van der Waals surface area contributed by atoms with E-state index in [0.29, 0.717) is 11.5 Å². The number of cyclic esters (lactones) is 1. The molecule has 134 valence electrons. The number of esters is 1. The van der Waals surface area contributed by atoms with Crippen molar-refractivity contribution < 1.29 is 23.7 Å². The number of carbonyl (C=O) groups excluding carboxylic acids is 1. The number of methoxy groups -OCH3 is 3. The normalized spacial score (nSPS) is 20.6. The number of nitrogens with zero attached hydrogens (tertiary/aromatic N) is 1. The molecule has 6 nitrogen and oxygen atoms in total. The topological polar surface area (TPSA) is 66.3 Å². The number of rotatable bonds is 4. The van der Waals surface area contributed by atoms with Crippen LogP contribution in [0.2, 0.25) is 0 Å². The van der Waals surface area contributed by atoms with Crippen molar-refractivity contribution in [3.63, 3.8) is 0 Å². The second kappa shape index (κ2) is 6.37. The molecular formula is C20H19NO5. The highest BCUT2D eigenvalue weighted by atomic mass is 16.5. The van der Waals surface area contributed by atoms with Gasteiger partial charge in [-0.25, -0.2) is 0 Å². The summed E-state index contributed by atoms with van der Waals surface area (Å²) >= 11 is 0. The minimum atomic E-state index is -0.446. The van der Waals surface area contributed by atoms with Gasteiger partial charge in [0.05, 0.1) is 32.7 Å². The maximum atomic E-state index is 12.5. The molecule has 2 atom stereocenters. The number of ether oxygens (including phenoxy) is 4. The van der Waals surface area contributed by atoms with Crippen LogP contribution in [0, 0.1) is 5.92 Å². The van der Waals surface area contributed by atoms with E-state index >= 15 is 0 Å². The Hall–Kier alpha value is -3.02. The number of carbonyl (C=O) groups is 1. The van der Waals surface area contributed by atoms with Gasteiger partial charge in [-0.15, -0.1) is 0 Å². The van der Waals surface area contributed by atoms with Crippen LogP contribution in [0.25, 0.3) is 0 Å². The number of hydrogen-bond donors (Lipinski definition) is 0. The maximum Gasteiger partial charge on any atom is 0.316 e. The van der Waals surface area contributed by atoms with Crippen LogP contribution in [0.5, 0.6) is 17.2 Å². The van der Waals surface area contributed by atoms with E-state index in [1.807, 2.05) is 36.4 Å². The molecule has 2 heterocycles. The molecule has 2 aromatic carbocycles. The molecule has 4 rings (SSSR count). The van der Waals surface area contributed by atoms with Crippen LogP contribution in [-0.4, -0.2) is 39.6 Å². The van der Waals surface area contributed by atoms with Crippen molar-refractivity contribution in [2.45, 2.75) is 5.92 Å². The Morgan fingerprint density at radius 2 is 1.69 bits per heavy atom. The van der Waals surface area contributed by atoms with Gasteiger partial charge in [0.25, 0.3) is 0 Å². The number of aliphatic imine (C=N–C) groups is 1. The third-order valence-corrected chi connectivity index (χ3v) is 4.91. The van der Waals surface area contributed by atoms with Crippen LogP contribution in [-0.2, 0) is 9.53 Å². The van der Waals surface area contributed by atoms with Crippen molar-refractivity contribution in [2.75, 3.05) is 27.9 Å². The standard InChI is InChI=1S/C20H19NO5/c1-23-12-6-4-11(5-7-12)17-18-14(8-13(24-2)9-16(18)25-3)21-15-10-26-20(22)19(15)17/h4-9,17,19H,10H2,1-3H3. The van der Waals surface area contributed by atoms with E-state index in [1.165, 1.54) is 0 Å². The Bertz CT molecular complexity index is 888. The third-order valence-electron chi connectivity index (χ3n) is 4.91. The molecule has 0 bridgehead atoms. The molecule has 2 aromatic rings. The van der Waals surface area contributed by atoms with E-state index < -0.39 is 5.92 Å². The first kappa shape index (κ1) is 16.4. The van der Waals surface area contributed by atoms with E-state index in [1.54, 1.807) is 21.3 Å². The minimum Gasteiger partial charge on any atom is -0.497 e. The molecule has 0 saturated carbocycles. The molecule has 1 saturated heterocycles. The molecule has 0 radical (unpaired) electrons. The number of benzene rings is 2. The van der Waals surface area contributed by atoms with Crippen LogP contribution in [0.1, 0.15) is 17.0 Å². The van der Waals surface area contributed by atoms with E-state index in [9.17, 15) is 4.79 Å². The summed E-state index contributed by atoms with van der Waals surface area (Å²) < 4.78 is 21.5. The monoisotopic (exact) mass is 353 g/mol. The highest BCUT2D eigenvalue weighted by molar-refractivity contribution is 6.11. The first-order valence-electron chi connectivity index (χ1n) is 8.30. The first-order valence-corrected chi connectivity index (χ1v) is 8.30. The van der Waals surface area contributed by atoms with Crippen molar-refractivity contribution in [1.82, 2.24) is 0 Å². The summed E-state index contributed by atoms with van der Waals surface area (Å²) in [4.78, 5) is 17.1. The average Bonchev–Trinajstić information content (AvgIpc) is 3.05. The predicted molar refractivity (Wildman–Crippen MR) is 95.9 cm³/mol. The third kappa shape index (κ3) is 2.49. The summed E-state index contributed by atoms with van der Waals surface area (Å²) in [7, 11) is 4.83. The van der Waals surface area contributed by atoms with Crippen molar-refractivity contribution >= 4 is 17.4 Å². The molecular weight excluding hydrogens is 334 g/mol. The molecule has 2 aliphatic rings.